The molecular formula is C28H38ClNO3. The zero-order chi connectivity index (χ0) is 24.1. The van der Waals surface area contributed by atoms with Gasteiger partial charge in [-0.25, -0.2) is 4.79 Å². The van der Waals surface area contributed by atoms with Gasteiger partial charge in [-0.1, -0.05) is 37.6 Å². The molecule has 0 fully saturated rings. The van der Waals surface area contributed by atoms with Crippen molar-refractivity contribution >= 4 is 23.3 Å². The van der Waals surface area contributed by atoms with E-state index in [1.54, 1.807) is 6.07 Å². The van der Waals surface area contributed by atoms with Gasteiger partial charge >= 0.3 is 5.97 Å². The second kappa shape index (κ2) is 14.6. The van der Waals surface area contributed by atoms with Crippen molar-refractivity contribution in [3.8, 4) is 5.75 Å². The molecule has 33 heavy (non-hydrogen) atoms. The van der Waals surface area contributed by atoms with Crippen LogP contribution in [0, 0.1) is 0 Å². The molecule has 0 atom stereocenters. The van der Waals surface area contributed by atoms with E-state index in [4.69, 9.17) is 21.1 Å². The van der Waals surface area contributed by atoms with E-state index < -0.39 is 0 Å². The Labute approximate surface area is 204 Å². The fourth-order valence-electron chi connectivity index (χ4n) is 4.00. The Morgan fingerprint density at radius 2 is 1.94 bits per heavy atom. The standard InChI is InChI=1S/C26H32ClNO3.C2H6/c1-3-4-5-7-15-28-16-14-20-10-12-23(27)18-21(20)9-6-8-17-31-25-13-11-22(19-24(25)28)26(29)30-2;1-2/h3,10-13,18-19H,1,4-9,14-17H2,2H3;1-2H3. The first kappa shape index (κ1) is 26.8. The van der Waals surface area contributed by atoms with Crippen LogP contribution in [0.1, 0.15) is 67.4 Å². The topological polar surface area (TPSA) is 38.8 Å². The molecule has 0 saturated carbocycles. The summed E-state index contributed by atoms with van der Waals surface area (Å²) in [4.78, 5) is 14.5. The molecule has 2 aromatic carbocycles. The van der Waals surface area contributed by atoms with Crippen molar-refractivity contribution in [2.45, 2.75) is 58.8 Å². The number of unbranched alkanes of at least 4 members (excludes halogenated alkanes) is 2. The van der Waals surface area contributed by atoms with Crippen molar-refractivity contribution in [2.75, 3.05) is 31.7 Å². The summed E-state index contributed by atoms with van der Waals surface area (Å²) in [5.41, 5.74) is 4.16. The van der Waals surface area contributed by atoms with Gasteiger partial charge in [-0.05, 0) is 86.4 Å². The zero-order valence-corrected chi connectivity index (χ0v) is 21.1. The summed E-state index contributed by atoms with van der Waals surface area (Å²) in [6.45, 7) is 10.2. The molecule has 0 amide bonds. The van der Waals surface area contributed by atoms with Crippen molar-refractivity contribution in [3.05, 3.63) is 70.8 Å². The molecule has 5 heteroatoms. The molecule has 3 rings (SSSR count). The van der Waals surface area contributed by atoms with Gasteiger partial charge in [0, 0.05) is 18.1 Å². The van der Waals surface area contributed by atoms with Gasteiger partial charge in [0.15, 0.2) is 0 Å². The third-order valence-electron chi connectivity index (χ3n) is 5.72. The highest BCUT2D eigenvalue weighted by atomic mass is 35.5. The highest BCUT2D eigenvalue weighted by molar-refractivity contribution is 6.30. The van der Waals surface area contributed by atoms with Gasteiger partial charge in [0.2, 0.25) is 0 Å². The van der Waals surface area contributed by atoms with Gasteiger partial charge in [0.05, 0.1) is 25.0 Å². The third kappa shape index (κ3) is 8.12. The summed E-state index contributed by atoms with van der Waals surface area (Å²) in [5.74, 6) is 0.494. The van der Waals surface area contributed by atoms with Gasteiger partial charge < -0.3 is 14.4 Å². The van der Waals surface area contributed by atoms with E-state index in [1.165, 1.54) is 18.2 Å². The number of esters is 1. The van der Waals surface area contributed by atoms with Crippen LogP contribution in [0.25, 0.3) is 0 Å². The van der Waals surface area contributed by atoms with E-state index >= 15 is 0 Å². The molecule has 0 bridgehead atoms. The summed E-state index contributed by atoms with van der Waals surface area (Å²) in [5, 5.41) is 0.788. The van der Waals surface area contributed by atoms with Crippen molar-refractivity contribution in [1.82, 2.24) is 0 Å². The first-order valence-corrected chi connectivity index (χ1v) is 12.5. The Bertz CT molecular complexity index is 897. The van der Waals surface area contributed by atoms with Crippen molar-refractivity contribution in [1.29, 1.82) is 0 Å². The number of carbonyl (C=O) groups excluding carboxylic acids is 1. The maximum absolute atomic E-state index is 12.2. The first-order chi connectivity index (χ1) is 16.1. The number of halogens is 1. The average molecular weight is 472 g/mol. The first-order valence-electron chi connectivity index (χ1n) is 12.1. The number of methoxy groups -OCH3 is 1. The normalized spacial score (nSPS) is 13.6. The minimum atomic E-state index is -0.333. The minimum absolute atomic E-state index is 0.333. The molecule has 1 heterocycles. The Morgan fingerprint density at radius 1 is 1.12 bits per heavy atom. The minimum Gasteiger partial charge on any atom is -0.491 e. The van der Waals surface area contributed by atoms with Gasteiger partial charge in [-0.2, -0.15) is 0 Å². The Hall–Kier alpha value is -2.46. The van der Waals surface area contributed by atoms with E-state index in [9.17, 15) is 4.79 Å². The molecule has 2 aromatic rings. The molecule has 4 nitrogen and oxygen atoms in total. The Kier molecular flexibility index (Phi) is 11.9. The van der Waals surface area contributed by atoms with Crippen LogP contribution >= 0.6 is 11.6 Å². The van der Waals surface area contributed by atoms with E-state index in [1.807, 2.05) is 38.1 Å². The van der Waals surface area contributed by atoms with Gasteiger partial charge in [-0.15, -0.1) is 6.58 Å². The number of nitrogens with zero attached hydrogens (tertiary/aromatic N) is 1. The molecule has 1 aliphatic heterocycles. The number of hydrogen-bond donors (Lipinski definition) is 0. The largest absolute Gasteiger partial charge is 0.491 e. The summed E-state index contributed by atoms with van der Waals surface area (Å²) >= 11 is 6.27. The molecule has 0 spiro atoms. The number of ether oxygens (including phenoxy) is 2. The molecule has 1 aliphatic rings. The highest BCUT2D eigenvalue weighted by Crippen LogP contribution is 2.32. The fraction of sp³-hybridized carbons (Fsp3) is 0.464. The number of anilines is 1. The second-order valence-corrected chi connectivity index (χ2v) is 8.35. The lowest BCUT2D eigenvalue weighted by Crippen LogP contribution is -2.28. The predicted octanol–water partition coefficient (Wildman–Crippen LogP) is 7.27. The van der Waals surface area contributed by atoms with Crippen LogP contribution in [0.3, 0.4) is 0 Å². The quantitative estimate of drug-likeness (QED) is 0.252. The van der Waals surface area contributed by atoms with Crippen LogP contribution in [0.5, 0.6) is 5.75 Å². The lowest BCUT2D eigenvalue weighted by molar-refractivity contribution is 0.0600. The van der Waals surface area contributed by atoms with E-state index in [0.29, 0.717) is 12.2 Å². The Balaban J connectivity index is 0.00000187. The number of rotatable bonds is 6. The number of benzene rings is 2. The zero-order valence-electron chi connectivity index (χ0n) is 20.4. The van der Waals surface area contributed by atoms with Crippen LogP contribution in [0.15, 0.2) is 49.1 Å². The molecule has 0 N–H and O–H groups in total. The van der Waals surface area contributed by atoms with Crippen LogP contribution in [0.2, 0.25) is 5.02 Å². The maximum Gasteiger partial charge on any atom is 0.337 e. The number of hydrogen-bond acceptors (Lipinski definition) is 4. The smallest absolute Gasteiger partial charge is 0.337 e. The lowest BCUT2D eigenvalue weighted by Gasteiger charge is -2.28. The molecule has 0 aromatic heterocycles. The number of allylic oxidation sites excluding steroid dienone is 1. The SMILES string of the molecule is C=CCCCCN1CCc2ccc(Cl)cc2CCCCOc2ccc(C(=O)OC)cc21.CC. The summed E-state index contributed by atoms with van der Waals surface area (Å²) in [6.07, 6.45) is 9.02. The average Bonchev–Trinajstić information content (AvgIpc) is 2.84. The number of aryl methyl sites for hydroxylation is 1. The fourth-order valence-corrected chi connectivity index (χ4v) is 4.20. The van der Waals surface area contributed by atoms with E-state index in [2.05, 4.69) is 23.6 Å². The molecule has 0 saturated heterocycles. The molecular weight excluding hydrogens is 434 g/mol. The van der Waals surface area contributed by atoms with Gasteiger partial charge in [-0.3, -0.25) is 0 Å². The second-order valence-electron chi connectivity index (χ2n) is 7.91. The number of carbonyl (C=O) groups is 1. The van der Waals surface area contributed by atoms with Gasteiger partial charge in [0.1, 0.15) is 5.75 Å². The van der Waals surface area contributed by atoms with Crippen molar-refractivity contribution in [2.24, 2.45) is 0 Å². The van der Waals surface area contributed by atoms with Crippen molar-refractivity contribution < 1.29 is 14.3 Å². The van der Waals surface area contributed by atoms with Crippen LogP contribution < -0.4 is 9.64 Å². The summed E-state index contributed by atoms with van der Waals surface area (Å²) < 4.78 is 11.1. The van der Waals surface area contributed by atoms with Crippen LogP contribution in [0.4, 0.5) is 5.69 Å². The summed E-state index contributed by atoms with van der Waals surface area (Å²) in [7, 11) is 1.41. The molecule has 0 radical (unpaired) electrons. The highest BCUT2D eigenvalue weighted by Gasteiger charge is 2.18. The summed E-state index contributed by atoms with van der Waals surface area (Å²) in [6, 6.07) is 11.8. The van der Waals surface area contributed by atoms with Gasteiger partial charge in [0.25, 0.3) is 0 Å². The monoisotopic (exact) mass is 471 g/mol. The molecule has 0 aliphatic carbocycles. The van der Waals surface area contributed by atoms with Crippen LogP contribution in [-0.4, -0.2) is 32.8 Å². The van der Waals surface area contributed by atoms with E-state index in [0.717, 1.165) is 74.5 Å². The van der Waals surface area contributed by atoms with Crippen molar-refractivity contribution in [3.63, 3.8) is 0 Å². The Morgan fingerprint density at radius 3 is 2.70 bits per heavy atom. The van der Waals surface area contributed by atoms with Crippen LogP contribution in [-0.2, 0) is 17.6 Å². The van der Waals surface area contributed by atoms with E-state index in [-0.39, 0.29) is 5.97 Å². The molecule has 0 unspecified atom stereocenters. The lowest BCUT2D eigenvalue weighted by atomic mass is 9.99. The number of fused-ring (bicyclic) bond motifs is 2. The maximum atomic E-state index is 12.2. The molecule has 180 valence electrons. The predicted molar refractivity (Wildman–Crippen MR) is 139 cm³/mol. The third-order valence-corrected chi connectivity index (χ3v) is 5.96.